The van der Waals surface area contributed by atoms with Crippen molar-refractivity contribution in [3.05, 3.63) is 24.2 Å². The molecule has 0 radical (unpaired) electrons. The molecular formula is C17H28N2O3. The summed E-state index contributed by atoms with van der Waals surface area (Å²) in [5.74, 6) is 0.848. The molecule has 0 atom stereocenters. The molecule has 5 nitrogen and oxygen atoms in total. The van der Waals surface area contributed by atoms with Gasteiger partial charge in [-0.1, -0.05) is 19.3 Å². The van der Waals surface area contributed by atoms with E-state index in [9.17, 15) is 4.79 Å². The average Bonchev–Trinajstić information content (AvgIpc) is 2.98. The number of aliphatic hydroxyl groups excluding tert-OH is 1. The Morgan fingerprint density at radius 1 is 1.23 bits per heavy atom. The largest absolute Gasteiger partial charge is 0.467 e. The highest BCUT2D eigenvalue weighted by Gasteiger charge is 2.16. The molecule has 1 aliphatic rings. The van der Waals surface area contributed by atoms with Crippen LogP contribution in [0.4, 0.5) is 0 Å². The maximum atomic E-state index is 12.4. The third-order valence-corrected chi connectivity index (χ3v) is 4.24. The van der Waals surface area contributed by atoms with Crippen LogP contribution in [0, 0.1) is 0 Å². The summed E-state index contributed by atoms with van der Waals surface area (Å²) in [7, 11) is 0. The minimum absolute atomic E-state index is 0.0177. The minimum Gasteiger partial charge on any atom is -0.467 e. The summed E-state index contributed by atoms with van der Waals surface area (Å²) >= 11 is 0. The molecule has 1 aliphatic heterocycles. The standard InChI is InChI=1S/C17H28N2O3/c20-13-12-19(15-16-7-6-14-22-16)17(21)8-11-18-9-4-2-1-3-5-10-18/h6-7,14,20H,1-5,8-13,15H2. The number of amides is 1. The van der Waals surface area contributed by atoms with E-state index >= 15 is 0 Å². The first-order chi connectivity index (χ1) is 10.8. The highest BCUT2D eigenvalue weighted by molar-refractivity contribution is 5.76. The Kier molecular flexibility index (Phi) is 7.46. The zero-order valence-corrected chi connectivity index (χ0v) is 13.4. The molecule has 2 heterocycles. The lowest BCUT2D eigenvalue weighted by Gasteiger charge is -2.26. The summed E-state index contributed by atoms with van der Waals surface area (Å²) in [6, 6.07) is 3.67. The van der Waals surface area contributed by atoms with Crippen LogP contribution in [0.2, 0.25) is 0 Å². The van der Waals surface area contributed by atoms with Gasteiger partial charge in [-0.25, -0.2) is 0 Å². The van der Waals surface area contributed by atoms with E-state index in [0.29, 0.717) is 19.5 Å². The van der Waals surface area contributed by atoms with E-state index in [4.69, 9.17) is 9.52 Å². The Morgan fingerprint density at radius 2 is 1.95 bits per heavy atom. The van der Waals surface area contributed by atoms with Gasteiger partial charge in [-0.2, -0.15) is 0 Å². The van der Waals surface area contributed by atoms with Crippen molar-refractivity contribution in [1.29, 1.82) is 0 Å². The van der Waals surface area contributed by atoms with E-state index in [1.54, 1.807) is 11.2 Å². The van der Waals surface area contributed by atoms with Crippen molar-refractivity contribution < 1.29 is 14.3 Å². The fraction of sp³-hybridized carbons (Fsp3) is 0.706. The van der Waals surface area contributed by atoms with Crippen LogP contribution >= 0.6 is 0 Å². The zero-order chi connectivity index (χ0) is 15.6. The fourth-order valence-electron chi connectivity index (χ4n) is 2.95. The summed E-state index contributed by atoms with van der Waals surface area (Å²) in [6.45, 7) is 3.80. The molecule has 1 N–H and O–H groups in total. The number of nitrogens with zero attached hydrogens (tertiary/aromatic N) is 2. The van der Waals surface area contributed by atoms with Gasteiger partial charge >= 0.3 is 0 Å². The lowest BCUT2D eigenvalue weighted by atomic mass is 10.1. The summed E-state index contributed by atoms with van der Waals surface area (Å²) in [5, 5.41) is 9.16. The van der Waals surface area contributed by atoms with E-state index in [2.05, 4.69) is 4.90 Å². The van der Waals surface area contributed by atoms with Crippen molar-refractivity contribution in [2.45, 2.75) is 45.1 Å². The second kappa shape index (κ2) is 9.64. The summed E-state index contributed by atoms with van der Waals surface area (Å²) in [6.07, 6.45) is 8.55. The molecule has 0 aliphatic carbocycles. The van der Waals surface area contributed by atoms with Gasteiger partial charge in [0.05, 0.1) is 19.4 Å². The highest BCUT2D eigenvalue weighted by atomic mass is 16.3. The Balaban J connectivity index is 1.79. The lowest BCUT2D eigenvalue weighted by Crippen LogP contribution is -2.36. The van der Waals surface area contributed by atoms with E-state index < -0.39 is 0 Å². The first-order valence-corrected chi connectivity index (χ1v) is 8.43. The van der Waals surface area contributed by atoms with Crippen LogP contribution in [0.25, 0.3) is 0 Å². The topological polar surface area (TPSA) is 56.9 Å². The first-order valence-electron chi connectivity index (χ1n) is 8.43. The normalized spacial score (nSPS) is 17.0. The Morgan fingerprint density at radius 3 is 2.59 bits per heavy atom. The van der Waals surface area contributed by atoms with E-state index in [0.717, 1.165) is 25.4 Å². The maximum absolute atomic E-state index is 12.4. The van der Waals surface area contributed by atoms with Crippen molar-refractivity contribution in [2.75, 3.05) is 32.8 Å². The molecule has 2 rings (SSSR count). The van der Waals surface area contributed by atoms with Crippen LogP contribution in [0.1, 0.15) is 44.3 Å². The van der Waals surface area contributed by atoms with E-state index in [-0.39, 0.29) is 12.5 Å². The Bertz CT molecular complexity index is 412. The predicted molar refractivity (Wildman–Crippen MR) is 85.4 cm³/mol. The van der Waals surface area contributed by atoms with E-state index in [1.165, 1.54) is 32.1 Å². The molecule has 1 aromatic rings. The van der Waals surface area contributed by atoms with Gasteiger partial charge in [0.1, 0.15) is 5.76 Å². The van der Waals surface area contributed by atoms with Crippen molar-refractivity contribution in [3.63, 3.8) is 0 Å². The SMILES string of the molecule is O=C(CCN1CCCCCCC1)N(CCO)Cc1ccco1. The van der Waals surface area contributed by atoms with Crippen LogP contribution in [0.15, 0.2) is 22.8 Å². The first kappa shape index (κ1) is 17.0. The monoisotopic (exact) mass is 308 g/mol. The summed E-state index contributed by atoms with van der Waals surface area (Å²) in [4.78, 5) is 16.5. The van der Waals surface area contributed by atoms with Crippen molar-refractivity contribution >= 4 is 5.91 Å². The molecule has 0 bridgehead atoms. The number of rotatable bonds is 7. The molecule has 22 heavy (non-hydrogen) atoms. The Labute approximate surface area is 132 Å². The maximum Gasteiger partial charge on any atom is 0.224 e. The molecule has 1 saturated heterocycles. The third kappa shape index (κ3) is 5.81. The molecule has 0 unspecified atom stereocenters. The smallest absolute Gasteiger partial charge is 0.224 e. The molecule has 1 fully saturated rings. The molecule has 124 valence electrons. The second-order valence-electron chi connectivity index (χ2n) is 5.98. The Hall–Kier alpha value is -1.33. The van der Waals surface area contributed by atoms with Gasteiger partial charge in [-0.3, -0.25) is 4.79 Å². The zero-order valence-electron chi connectivity index (χ0n) is 13.4. The number of likely N-dealkylation sites (tertiary alicyclic amines) is 1. The molecular weight excluding hydrogens is 280 g/mol. The molecule has 0 saturated carbocycles. The van der Waals surface area contributed by atoms with Crippen LogP contribution in [0.5, 0.6) is 0 Å². The van der Waals surface area contributed by atoms with Gasteiger partial charge in [-0.15, -0.1) is 0 Å². The number of hydrogen-bond donors (Lipinski definition) is 1. The highest BCUT2D eigenvalue weighted by Crippen LogP contribution is 2.12. The molecule has 0 spiro atoms. The predicted octanol–water partition coefficient (Wildman–Crippen LogP) is 2.26. The molecule has 5 heteroatoms. The van der Waals surface area contributed by atoms with Crippen molar-refractivity contribution in [3.8, 4) is 0 Å². The minimum atomic E-state index is -0.0177. The number of furan rings is 1. The molecule has 0 aromatic carbocycles. The molecule has 1 amide bonds. The summed E-state index contributed by atoms with van der Waals surface area (Å²) in [5.41, 5.74) is 0. The summed E-state index contributed by atoms with van der Waals surface area (Å²) < 4.78 is 5.30. The van der Waals surface area contributed by atoms with Crippen LogP contribution in [-0.2, 0) is 11.3 Å². The van der Waals surface area contributed by atoms with Crippen LogP contribution in [-0.4, -0.2) is 53.6 Å². The van der Waals surface area contributed by atoms with Gasteiger partial charge < -0.3 is 19.3 Å². The van der Waals surface area contributed by atoms with Gasteiger partial charge in [-0.05, 0) is 38.1 Å². The van der Waals surface area contributed by atoms with Crippen molar-refractivity contribution in [2.24, 2.45) is 0 Å². The fourth-order valence-corrected chi connectivity index (χ4v) is 2.95. The average molecular weight is 308 g/mol. The van der Waals surface area contributed by atoms with Crippen molar-refractivity contribution in [1.82, 2.24) is 9.80 Å². The van der Waals surface area contributed by atoms with Gasteiger partial charge in [0.2, 0.25) is 5.91 Å². The number of aliphatic hydroxyl groups is 1. The second-order valence-corrected chi connectivity index (χ2v) is 5.98. The number of carbonyl (C=O) groups excluding carboxylic acids is 1. The number of hydrogen-bond acceptors (Lipinski definition) is 4. The van der Waals surface area contributed by atoms with Gasteiger partial charge in [0.25, 0.3) is 0 Å². The quantitative estimate of drug-likeness (QED) is 0.839. The van der Waals surface area contributed by atoms with Gasteiger partial charge in [0.15, 0.2) is 0 Å². The van der Waals surface area contributed by atoms with Crippen LogP contribution in [0.3, 0.4) is 0 Å². The number of carbonyl (C=O) groups is 1. The van der Waals surface area contributed by atoms with Gasteiger partial charge in [0, 0.05) is 19.5 Å². The van der Waals surface area contributed by atoms with Crippen LogP contribution < -0.4 is 0 Å². The third-order valence-electron chi connectivity index (χ3n) is 4.24. The lowest BCUT2D eigenvalue weighted by molar-refractivity contribution is -0.133. The van der Waals surface area contributed by atoms with E-state index in [1.807, 2.05) is 12.1 Å². The molecule has 1 aromatic heterocycles.